The van der Waals surface area contributed by atoms with Crippen LogP contribution in [0.5, 0.6) is 0 Å². The first kappa shape index (κ1) is 18.2. The summed E-state index contributed by atoms with van der Waals surface area (Å²) in [6, 6.07) is 2.38. The van der Waals surface area contributed by atoms with Crippen molar-refractivity contribution >= 4 is 17.1 Å². The Bertz CT molecular complexity index is 669. The fourth-order valence-corrected chi connectivity index (χ4v) is 3.29. The first-order valence-corrected chi connectivity index (χ1v) is 7.65. The van der Waals surface area contributed by atoms with Crippen LogP contribution in [0.2, 0.25) is 0 Å². The smallest absolute Gasteiger partial charge is 0.272 e. The second kappa shape index (κ2) is 6.41. The van der Waals surface area contributed by atoms with Gasteiger partial charge in [0.2, 0.25) is 0 Å². The molecule has 1 aliphatic rings. The molecule has 24 heavy (non-hydrogen) atoms. The minimum atomic E-state index is -4.63. The zero-order valence-electron chi connectivity index (χ0n) is 13.8. The average molecular weight is 343 g/mol. The zero-order chi connectivity index (χ0) is 18.1. The molecule has 1 aromatic rings. The highest BCUT2D eigenvalue weighted by atomic mass is 19.4. The summed E-state index contributed by atoms with van der Waals surface area (Å²) in [6.07, 6.45) is -2.05. The van der Waals surface area contributed by atoms with E-state index in [1.807, 2.05) is 0 Å². The predicted octanol–water partition coefficient (Wildman–Crippen LogP) is 5.23. The number of nitro groups is 1. The maximum atomic E-state index is 12.7. The molecule has 0 heterocycles. The maximum absolute atomic E-state index is 12.7. The molecule has 0 spiro atoms. The summed E-state index contributed by atoms with van der Waals surface area (Å²) in [5, 5.41) is 15.3. The number of nitrogens with one attached hydrogen (secondary N) is 1. The standard InChI is InChI=1S/C16H20F3N3O2/c1-10-6-12(9-15(2,3)8-10)20-21-13-5-4-11(16(17,18)19)7-14(13)22(23)24/h4-5,7,10,21H,6,8-9H2,1-3H3. The first-order chi connectivity index (χ1) is 11.0. The Kier molecular flexibility index (Phi) is 4.87. The molecule has 0 saturated heterocycles. The Morgan fingerprint density at radius 3 is 2.58 bits per heavy atom. The number of anilines is 1. The summed E-state index contributed by atoms with van der Waals surface area (Å²) >= 11 is 0. The number of benzene rings is 1. The lowest BCUT2D eigenvalue weighted by Crippen LogP contribution is -2.28. The largest absolute Gasteiger partial charge is 0.416 e. The summed E-state index contributed by atoms with van der Waals surface area (Å²) in [7, 11) is 0. The highest BCUT2D eigenvalue weighted by Gasteiger charge is 2.33. The van der Waals surface area contributed by atoms with Gasteiger partial charge in [0.25, 0.3) is 5.69 Å². The third kappa shape index (κ3) is 4.46. The van der Waals surface area contributed by atoms with Crippen LogP contribution in [0.3, 0.4) is 0 Å². The van der Waals surface area contributed by atoms with Crippen molar-refractivity contribution in [2.24, 2.45) is 16.4 Å². The van der Waals surface area contributed by atoms with Crippen LogP contribution in [0.4, 0.5) is 24.5 Å². The van der Waals surface area contributed by atoms with E-state index < -0.39 is 22.4 Å². The summed E-state index contributed by atoms with van der Waals surface area (Å²) in [5.41, 5.74) is 1.79. The fraction of sp³-hybridized carbons (Fsp3) is 0.562. The third-order valence-corrected chi connectivity index (χ3v) is 4.02. The molecule has 2 rings (SSSR count). The number of halogens is 3. The molecule has 0 radical (unpaired) electrons. The molecular formula is C16H20F3N3O2. The lowest BCUT2D eigenvalue weighted by atomic mass is 9.72. The van der Waals surface area contributed by atoms with Crippen LogP contribution in [0.25, 0.3) is 0 Å². The summed E-state index contributed by atoms with van der Waals surface area (Å²) in [6.45, 7) is 6.36. The second-order valence-corrected chi connectivity index (χ2v) is 7.13. The van der Waals surface area contributed by atoms with Crippen molar-refractivity contribution in [1.82, 2.24) is 0 Å². The Hall–Kier alpha value is -2.12. The normalized spacial score (nSPS) is 22.4. The molecule has 1 saturated carbocycles. The van der Waals surface area contributed by atoms with Gasteiger partial charge in [-0.1, -0.05) is 20.8 Å². The highest BCUT2D eigenvalue weighted by molar-refractivity contribution is 5.87. The van der Waals surface area contributed by atoms with Crippen LogP contribution >= 0.6 is 0 Å². The molecule has 0 aliphatic heterocycles. The number of nitro benzene ring substituents is 1. The van der Waals surface area contributed by atoms with Crippen molar-refractivity contribution in [3.05, 3.63) is 33.9 Å². The van der Waals surface area contributed by atoms with Gasteiger partial charge in [-0.25, -0.2) is 0 Å². The molecule has 1 atom stereocenters. The van der Waals surface area contributed by atoms with E-state index in [9.17, 15) is 23.3 Å². The molecule has 1 aromatic carbocycles. The molecule has 5 nitrogen and oxygen atoms in total. The minimum absolute atomic E-state index is 0.0449. The molecule has 0 amide bonds. The van der Waals surface area contributed by atoms with Crippen molar-refractivity contribution in [3.8, 4) is 0 Å². The number of hydrazone groups is 1. The molecule has 0 aromatic heterocycles. The quantitative estimate of drug-likeness (QED) is 0.604. The van der Waals surface area contributed by atoms with Crippen LogP contribution in [0.15, 0.2) is 23.3 Å². The topological polar surface area (TPSA) is 67.5 Å². The van der Waals surface area contributed by atoms with Crippen LogP contribution in [-0.4, -0.2) is 10.6 Å². The van der Waals surface area contributed by atoms with Gasteiger partial charge in [-0.15, -0.1) is 0 Å². The van der Waals surface area contributed by atoms with Crippen molar-refractivity contribution in [2.45, 2.75) is 46.2 Å². The maximum Gasteiger partial charge on any atom is 0.416 e. The van der Waals surface area contributed by atoms with E-state index in [2.05, 4.69) is 31.3 Å². The fourth-order valence-electron chi connectivity index (χ4n) is 3.29. The van der Waals surface area contributed by atoms with E-state index in [1.54, 1.807) is 0 Å². The molecule has 0 bridgehead atoms. The summed E-state index contributed by atoms with van der Waals surface area (Å²) in [5.74, 6) is 0.442. The van der Waals surface area contributed by atoms with Crippen molar-refractivity contribution in [2.75, 3.05) is 5.43 Å². The van der Waals surface area contributed by atoms with E-state index in [1.165, 1.54) is 0 Å². The van der Waals surface area contributed by atoms with E-state index in [0.717, 1.165) is 37.1 Å². The molecule has 1 unspecified atom stereocenters. The van der Waals surface area contributed by atoms with Crippen molar-refractivity contribution in [1.29, 1.82) is 0 Å². The summed E-state index contributed by atoms with van der Waals surface area (Å²) in [4.78, 5) is 10.2. The van der Waals surface area contributed by atoms with Crippen molar-refractivity contribution < 1.29 is 18.1 Å². The minimum Gasteiger partial charge on any atom is -0.272 e. The zero-order valence-corrected chi connectivity index (χ0v) is 13.8. The predicted molar refractivity (Wildman–Crippen MR) is 86.0 cm³/mol. The van der Waals surface area contributed by atoms with Crippen LogP contribution in [0.1, 0.15) is 45.6 Å². The van der Waals surface area contributed by atoms with E-state index in [0.29, 0.717) is 12.0 Å². The lowest BCUT2D eigenvalue weighted by Gasteiger charge is -2.34. The van der Waals surface area contributed by atoms with E-state index in [-0.39, 0.29) is 11.1 Å². The van der Waals surface area contributed by atoms with E-state index in [4.69, 9.17) is 0 Å². The van der Waals surface area contributed by atoms with Gasteiger partial charge in [0.1, 0.15) is 5.69 Å². The Labute approximate surface area is 138 Å². The van der Waals surface area contributed by atoms with Crippen LogP contribution in [-0.2, 0) is 6.18 Å². The summed E-state index contributed by atoms with van der Waals surface area (Å²) < 4.78 is 38.1. The number of rotatable bonds is 3. The highest BCUT2D eigenvalue weighted by Crippen LogP contribution is 2.38. The Morgan fingerprint density at radius 2 is 2.04 bits per heavy atom. The van der Waals surface area contributed by atoms with Gasteiger partial charge in [-0.3, -0.25) is 15.5 Å². The van der Waals surface area contributed by atoms with Crippen LogP contribution < -0.4 is 5.43 Å². The molecular weight excluding hydrogens is 323 g/mol. The second-order valence-electron chi connectivity index (χ2n) is 7.13. The number of hydrogen-bond donors (Lipinski definition) is 1. The van der Waals surface area contributed by atoms with Gasteiger partial charge in [-0.2, -0.15) is 18.3 Å². The monoisotopic (exact) mass is 343 g/mol. The van der Waals surface area contributed by atoms with Gasteiger partial charge in [-0.05, 0) is 42.7 Å². The number of alkyl halides is 3. The van der Waals surface area contributed by atoms with E-state index >= 15 is 0 Å². The van der Waals surface area contributed by atoms with Crippen molar-refractivity contribution in [3.63, 3.8) is 0 Å². The van der Waals surface area contributed by atoms with Gasteiger partial charge >= 0.3 is 6.18 Å². The SMILES string of the molecule is CC1CC(=NNc2ccc(C(F)(F)F)cc2[N+](=O)[O-])CC(C)(C)C1. The molecule has 1 N–H and O–H groups in total. The molecule has 1 aliphatic carbocycles. The third-order valence-electron chi connectivity index (χ3n) is 4.02. The average Bonchev–Trinajstić information content (AvgIpc) is 2.41. The van der Waals surface area contributed by atoms with Gasteiger partial charge in [0.05, 0.1) is 10.5 Å². The lowest BCUT2D eigenvalue weighted by molar-refractivity contribution is -0.384. The number of nitrogens with zero attached hydrogens (tertiary/aromatic N) is 2. The Morgan fingerprint density at radius 1 is 1.38 bits per heavy atom. The first-order valence-electron chi connectivity index (χ1n) is 7.65. The molecule has 8 heteroatoms. The van der Waals surface area contributed by atoms with Crippen LogP contribution in [0, 0.1) is 21.4 Å². The number of hydrogen-bond acceptors (Lipinski definition) is 4. The molecule has 1 fully saturated rings. The van der Waals surface area contributed by atoms with Gasteiger partial charge < -0.3 is 0 Å². The Balaban J connectivity index is 2.26. The van der Waals surface area contributed by atoms with Gasteiger partial charge in [0.15, 0.2) is 0 Å². The molecule has 132 valence electrons. The van der Waals surface area contributed by atoms with Gasteiger partial charge in [0, 0.05) is 11.8 Å².